The Morgan fingerprint density at radius 1 is 0.973 bits per heavy atom. The molecule has 4 aliphatic rings. The zero-order valence-electron chi connectivity index (χ0n) is 21.2. The molecule has 0 heterocycles. The van der Waals surface area contributed by atoms with Crippen LogP contribution >= 0.6 is 12.4 Å². The minimum atomic E-state index is -0.960. The molecule has 0 radical (unpaired) electrons. The number of ether oxygens (including phenoxy) is 1. The first-order valence-electron chi connectivity index (χ1n) is 13.3. The zero-order valence-corrected chi connectivity index (χ0v) is 22.0. The van der Waals surface area contributed by atoms with Crippen LogP contribution in [0.1, 0.15) is 62.5 Å². The molecule has 4 N–H and O–H groups in total. The number of carbonyl (C=O) groups excluding carboxylic acids is 1. The van der Waals surface area contributed by atoms with Crippen molar-refractivity contribution in [3.8, 4) is 16.9 Å². The molecule has 37 heavy (non-hydrogen) atoms. The van der Waals surface area contributed by atoms with Crippen molar-refractivity contribution in [2.75, 3.05) is 13.1 Å². The highest BCUT2D eigenvalue weighted by molar-refractivity contribution is 5.85. The Morgan fingerprint density at radius 3 is 2.19 bits per heavy atom. The fourth-order valence-electron chi connectivity index (χ4n) is 7.20. The number of nitrogens with two attached hydrogens (primary N) is 1. The Labute approximate surface area is 225 Å². The largest absolute Gasteiger partial charge is 0.478 e. The van der Waals surface area contributed by atoms with E-state index in [0.29, 0.717) is 18.8 Å². The van der Waals surface area contributed by atoms with E-state index in [1.54, 1.807) is 6.08 Å². The number of unbranched alkanes of at least 4 members (excludes halogenated alkanes) is 1. The first-order chi connectivity index (χ1) is 17.4. The van der Waals surface area contributed by atoms with Crippen molar-refractivity contribution in [2.45, 2.75) is 56.8 Å². The van der Waals surface area contributed by atoms with Crippen molar-refractivity contribution in [3.63, 3.8) is 0 Å². The van der Waals surface area contributed by atoms with Crippen LogP contribution in [0.5, 0.6) is 5.75 Å². The summed E-state index contributed by atoms with van der Waals surface area (Å²) in [6.45, 7) is 1.18. The molecule has 0 atom stereocenters. The fourth-order valence-corrected chi connectivity index (χ4v) is 7.20. The fraction of sp³-hybridized carbons (Fsp3) is 0.467. The highest BCUT2D eigenvalue weighted by Crippen LogP contribution is 2.62. The zero-order chi connectivity index (χ0) is 25.1. The van der Waals surface area contributed by atoms with E-state index in [-0.39, 0.29) is 17.8 Å². The highest BCUT2D eigenvalue weighted by Gasteiger charge is 2.52. The molecule has 4 fully saturated rings. The van der Waals surface area contributed by atoms with E-state index in [1.165, 1.54) is 44.1 Å². The molecule has 2 aromatic rings. The summed E-state index contributed by atoms with van der Waals surface area (Å²) in [6.07, 6.45) is 11.6. The van der Waals surface area contributed by atoms with Crippen LogP contribution < -0.4 is 15.8 Å². The highest BCUT2D eigenvalue weighted by atomic mass is 35.5. The molecule has 7 heteroatoms. The Morgan fingerprint density at radius 2 is 1.59 bits per heavy atom. The molecule has 198 valence electrons. The van der Waals surface area contributed by atoms with Gasteiger partial charge in [0.1, 0.15) is 5.75 Å². The molecule has 4 bridgehead atoms. The second-order valence-corrected chi connectivity index (χ2v) is 11.0. The van der Waals surface area contributed by atoms with Crippen molar-refractivity contribution >= 4 is 30.5 Å². The van der Waals surface area contributed by atoms with Crippen molar-refractivity contribution in [2.24, 2.45) is 23.5 Å². The van der Waals surface area contributed by atoms with Crippen LogP contribution in [0.25, 0.3) is 17.2 Å². The summed E-state index contributed by atoms with van der Waals surface area (Å²) in [5, 5.41) is 11.8. The van der Waals surface area contributed by atoms with Crippen LogP contribution in [0.15, 0.2) is 48.5 Å². The number of nitrogens with one attached hydrogen (secondary N) is 1. The molecule has 6 rings (SSSR count). The number of halogens is 1. The number of aliphatic carboxylic acids is 1. The summed E-state index contributed by atoms with van der Waals surface area (Å²) in [5.74, 6) is 2.05. The van der Waals surface area contributed by atoms with Gasteiger partial charge in [-0.05, 0) is 116 Å². The van der Waals surface area contributed by atoms with Crippen LogP contribution in [-0.2, 0) is 10.2 Å². The van der Waals surface area contributed by atoms with Crippen LogP contribution in [0, 0.1) is 17.8 Å². The molecule has 1 amide bonds. The maximum Gasteiger partial charge on any atom is 0.412 e. The third kappa shape index (κ3) is 6.19. The van der Waals surface area contributed by atoms with E-state index in [1.807, 2.05) is 36.4 Å². The minimum Gasteiger partial charge on any atom is -0.478 e. The number of carboxylic acid groups (broad SMARTS) is 1. The molecular weight excluding hydrogens is 488 g/mol. The quantitative estimate of drug-likeness (QED) is 0.269. The number of benzene rings is 2. The SMILES string of the molecule is Cl.NCCCCNC(=O)Oc1ccc(-c2ccc(C=CC(=O)O)cc2)cc1C12CC3CC(CC(C3)C1)C2. The number of carboxylic acids is 1. The lowest BCUT2D eigenvalue weighted by atomic mass is 9.48. The van der Waals surface area contributed by atoms with E-state index in [0.717, 1.165) is 53.4 Å². The lowest BCUT2D eigenvalue weighted by molar-refractivity contribution is -0.131. The second-order valence-electron chi connectivity index (χ2n) is 11.0. The molecule has 0 unspecified atom stereocenters. The molecule has 4 aliphatic carbocycles. The first-order valence-corrected chi connectivity index (χ1v) is 13.3. The molecule has 4 saturated carbocycles. The van der Waals surface area contributed by atoms with Gasteiger partial charge in [-0.15, -0.1) is 12.4 Å². The van der Waals surface area contributed by atoms with E-state index < -0.39 is 12.1 Å². The van der Waals surface area contributed by atoms with Gasteiger partial charge >= 0.3 is 12.1 Å². The van der Waals surface area contributed by atoms with Crippen molar-refractivity contribution in [1.29, 1.82) is 0 Å². The summed E-state index contributed by atoms with van der Waals surface area (Å²) in [5.41, 5.74) is 9.80. The van der Waals surface area contributed by atoms with Gasteiger partial charge in [-0.2, -0.15) is 0 Å². The van der Waals surface area contributed by atoms with Crippen LogP contribution in [0.3, 0.4) is 0 Å². The molecule has 0 aromatic heterocycles. The lowest BCUT2D eigenvalue weighted by Gasteiger charge is -2.57. The average molecular weight is 525 g/mol. The number of hydrogen-bond donors (Lipinski definition) is 3. The molecule has 0 saturated heterocycles. The van der Waals surface area contributed by atoms with Crippen molar-refractivity contribution < 1.29 is 19.4 Å². The Hall–Kier alpha value is -2.83. The minimum absolute atomic E-state index is 0. The van der Waals surface area contributed by atoms with E-state index >= 15 is 0 Å². The van der Waals surface area contributed by atoms with Crippen LogP contribution in [-0.4, -0.2) is 30.3 Å². The van der Waals surface area contributed by atoms with Crippen LogP contribution in [0.2, 0.25) is 0 Å². The van der Waals surface area contributed by atoms with Crippen molar-refractivity contribution in [1.82, 2.24) is 5.32 Å². The van der Waals surface area contributed by atoms with Gasteiger partial charge in [-0.1, -0.05) is 30.3 Å². The summed E-state index contributed by atoms with van der Waals surface area (Å²) < 4.78 is 5.93. The number of hydrogen-bond acceptors (Lipinski definition) is 4. The Bertz CT molecular complexity index is 1110. The molecule has 0 aliphatic heterocycles. The smallest absolute Gasteiger partial charge is 0.412 e. The van der Waals surface area contributed by atoms with Gasteiger partial charge in [-0.3, -0.25) is 0 Å². The van der Waals surface area contributed by atoms with E-state index in [2.05, 4.69) is 11.4 Å². The Balaban J connectivity index is 0.00000320. The molecule has 0 spiro atoms. The monoisotopic (exact) mass is 524 g/mol. The Kier molecular flexibility index (Phi) is 8.60. The summed E-state index contributed by atoms with van der Waals surface area (Å²) >= 11 is 0. The number of carbonyl (C=O) groups is 2. The number of amides is 1. The summed E-state index contributed by atoms with van der Waals surface area (Å²) in [6, 6.07) is 14.1. The second kappa shape index (κ2) is 11.7. The molecule has 2 aromatic carbocycles. The molecule has 6 nitrogen and oxygen atoms in total. The predicted octanol–water partition coefficient (Wildman–Crippen LogP) is 6.17. The third-order valence-corrected chi connectivity index (χ3v) is 8.35. The first kappa shape index (κ1) is 27.2. The van der Waals surface area contributed by atoms with Gasteiger partial charge in [-0.25, -0.2) is 9.59 Å². The van der Waals surface area contributed by atoms with Gasteiger partial charge in [0.15, 0.2) is 0 Å². The normalized spacial score (nSPS) is 25.6. The maximum absolute atomic E-state index is 12.6. The third-order valence-electron chi connectivity index (χ3n) is 8.35. The summed E-state index contributed by atoms with van der Waals surface area (Å²) in [7, 11) is 0. The predicted molar refractivity (Wildman–Crippen MR) is 148 cm³/mol. The topological polar surface area (TPSA) is 102 Å². The maximum atomic E-state index is 12.6. The lowest BCUT2D eigenvalue weighted by Crippen LogP contribution is -2.48. The van der Waals surface area contributed by atoms with E-state index in [4.69, 9.17) is 15.6 Å². The van der Waals surface area contributed by atoms with Gasteiger partial charge in [0.25, 0.3) is 0 Å². The molecular formula is C30H37ClN2O4. The van der Waals surface area contributed by atoms with Gasteiger partial charge in [0.2, 0.25) is 0 Å². The van der Waals surface area contributed by atoms with E-state index in [9.17, 15) is 9.59 Å². The average Bonchev–Trinajstić information content (AvgIpc) is 2.85. The summed E-state index contributed by atoms with van der Waals surface area (Å²) in [4.78, 5) is 23.5. The number of rotatable bonds is 9. The van der Waals surface area contributed by atoms with Crippen molar-refractivity contribution in [3.05, 3.63) is 59.7 Å². The van der Waals surface area contributed by atoms with Gasteiger partial charge in [0, 0.05) is 18.2 Å². The standard InChI is InChI=1S/C30H36N2O4.ClH/c31-11-1-2-12-32-29(35)36-27-9-8-25(24-6-3-20(4-7-24)5-10-28(33)34)16-26(27)30-17-21-13-22(18-30)15-23(14-21)19-30;/h3-10,16,21-23H,1-2,11-15,17-19,31H2,(H,32,35)(H,33,34);1H. The van der Waals surface area contributed by atoms with Gasteiger partial charge in [0.05, 0.1) is 0 Å². The van der Waals surface area contributed by atoms with Gasteiger partial charge < -0.3 is 20.9 Å². The van der Waals surface area contributed by atoms with Crippen LogP contribution in [0.4, 0.5) is 4.79 Å².